The predicted molar refractivity (Wildman–Crippen MR) is 91.6 cm³/mol. The lowest BCUT2D eigenvalue weighted by Crippen LogP contribution is -2.24. The number of aryl methyl sites for hydroxylation is 1. The second-order valence-electron chi connectivity index (χ2n) is 5.19. The van der Waals surface area contributed by atoms with E-state index in [1.807, 2.05) is 30.5 Å². The van der Waals surface area contributed by atoms with Crippen molar-refractivity contribution in [3.63, 3.8) is 0 Å². The normalized spacial score (nSPS) is 10.3. The number of aliphatic hydroxyl groups excluding tert-OH is 1. The van der Waals surface area contributed by atoms with Crippen LogP contribution >= 0.6 is 11.3 Å². The van der Waals surface area contributed by atoms with Gasteiger partial charge < -0.3 is 15.7 Å². The second kappa shape index (κ2) is 8.45. The van der Waals surface area contributed by atoms with Crippen LogP contribution in [0, 0.1) is 6.92 Å². The van der Waals surface area contributed by atoms with E-state index in [2.05, 4.69) is 10.6 Å². The lowest BCUT2D eigenvalue weighted by molar-refractivity contribution is -0.116. The van der Waals surface area contributed by atoms with Crippen LogP contribution in [-0.2, 0) is 11.4 Å². The Labute approximate surface area is 139 Å². The molecule has 1 aromatic carbocycles. The Morgan fingerprint density at radius 3 is 2.78 bits per heavy atom. The molecule has 2 amide bonds. The molecule has 23 heavy (non-hydrogen) atoms. The maximum Gasteiger partial charge on any atom is 0.261 e. The number of rotatable bonds is 7. The number of aliphatic hydroxyl groups is 1. The van der Waals surface area contributed by atoms with Gasteiger partial charge in [-0.3, -0.25) is 9.59 Å². The largest absolute Gasteiger partial charge is 0.392 e. The van der Waals surface area contributed by atoms with E-state index < -0.39 is 0 Å². The summed E-state index contributed by atoms with van der Waals surface area (Å²) in [4.78, 5) is 24.4. The maximum absolute atomic E-state index is 12.0. The highest BCUT2D eigenvalue weighted by molar-refractivity contribution is 7.12. The SMILES string of the molecule is Cc1ccc(CO)cc1NC(=O)CCCNC(=O)c1cccs1. The van der Waals surface area contributed by atoms with Crippen LogP contribution in [0.3, 0.4) is 0 Å². The van der Waals surface area contributed by atoms with Crippen LogP contribution in [0.2, 0.25) is 0 Å². The first-order valence-corrected chi connectivity index (χ1v) is 8.30. The number of hydrogen-bond donors (Lipinski definition) is 3. The summed E-state index contributed by atoms with van der Waals surface area (Å²) >= 11 is 1.39. The minimum absolute atomic E-state index is 0.0576. The molecule has 0 unspecified atom stereocenters. The summed E-state index contributed by atoms with van der Waals surface area (Å²) in [5, 5.41) is 16.6. The number of benzene rings is 1. The lowest BCUT2D eigenvalue weighted by atomic mass is 10.1. The average Bonchev–Trinajstić information content (AvgIpc) is 3.08. The molecule has 0 spiro atoms. The van der Waals surface area contributed by atoms with E-state index in [0.717, 1.165) is 11.1 Å². The topological polar surface area (TPSA) is 78.4 Å². The lowest BCUT2D eigenvalue weighted by Gasteiger charge is -2.10. The predicted octanol–water partition coefficient (Wildman–Crippen LogP) is 2.70. The molecule has 0 fully saturated rings. The molecule has 1 aromatic heterocycles. The van der Waals surface area contributed by atoms with Gasteiger partial charge in [-0.15, -0.1) is 11.3 Å². The molecule has 0 aliphatic carbocycles. The molecule has 6 heteroatoms. The van der Waals surface area contributed by atoms with E-state index in [4.69, 9.17) is 5.11 Å². The minimum atomic E-state index is -0.105. The summed E-state index contributed by atoms with van der Waals surface area (Å²) in [6.07, 6.45) is 0.898. The quantitative estimate of drug-likeness (QED) is 0.682. The summed E-state index contributed by atoms with van der Waals surface area (Å²) < 4.78 is 0. The zero-order chi connectivity index (χ0) is 16.7. The van der Waals surface area contributed by atoms with Crippen molar-refractivity contribution in [2.75, 3.05) is 11.9 Å². The van der Waals surface area contributed by atoms with Crippen LogP contribution in [-0.4, -0.2) is 23.5 Å². The van der Waals surface area contributed by atoms with Crippen LogP contribution < -0.4 is 10.6 Å². The second-order valence-corrected chi connectivity index (χ2v) is 6.14. The molecule has 0 saturated heterocycles. The highest BCUT2D eigenvalue weighted by Gasteiger charge is 2.08. The van der Waals surface area contributed by atoms with Crippen LogP contribution in [0.1, 0.15) is 33.6 Å². The molecule has 2 aromatic rings. The third-order valence-electron chi connectivity index (χ3n) is 3.37. The third kappa shape index (κ3) is 5.19. The summed E-state index contributed by atoms with van der Waals surface area (Å²) in [6, 6.07) is 9.05. The molecule has 0 bridgehead atoms. The fourth-order valence-corrected chi connectivity index (χ4v) is 2.70. The van der Waals surface area contributed by atoms with Gasteiger partial charge in [-0.2, -0.15) is 0 Å². The van der Waals surface area contributed by atoms with E-state index in [9.17, 15) is 9.59 Å². The van der Waals surface area contributed by atoms with Gasteiger partial charge in [0.05, 0.1) is 11.5 Å². The summed E-state index contributed by atoms with van der Waals surface area (Å²) in [6.45, 7) is 2.30. The highest BCUT2D eigenvalue weighted by Crippen LogP contribution is 2.17. The van der Waals surface area contributed by atoms with Crippen molar-refractivity contribution in [3.05, 3.63) is 51.7 Å². The van der Waals surface area contributed by atoms with Gasteiger partial charge in [0.2, 0.25) is 5.91 Å². The fraction of sp³-hybridized carbons (Fsp3) is 0.294. The highest BCUT2D eigenvalue weighted by atomic mass is 32.1. The Balaban J connectivity index is 1.74. The van der Waals surface area contributed by atoms with Crippen LogP contribution in [0.15, 0.2) is 35.7 Å². The molecule has 5 nitrogen and oxygen atoms in total. The van der Waals surface area contributed by atoms with E-state index in [0.29, 0.717) is 30.0 Å². The van der Waals surface area contributed by atoms with E-state index in [1.54, 1.807) is 12.1 Å². The zero-order valence-corrected chi connectivity index (χ0v) is 13.8. The molecule has 1 heterocycles. The van der Waals surface area contributed by atoms with Crippen molar-refractivity contribution in [3.8, 4) is 0 Å². The van der Waals surface area contributed by atoms with Gasteiger partial charge in [-0.1, -0.05) is 18.2 Å². The van der Waals surface area contributed by atoms with Gasteiger partial charge >= 0.3 is 0 Å². The minimum Gasteiger partial charge on any atom is -0.392 e. The van der Waals surface area contributed by atoms with Crippen molar-refractivity contribution in [2.24, 2.45) is 0 Å². The monoisotopic (exact) mass is 332 g/mol. The van der Waals surface area contributed by atoms with Crippen molar-refractivity contribution in [1.29, 1.82) is 0 Å². The first-order chi connectivity index (χ1) is 11.1. The molecule has 3 N–H and O–H groups in total. The zero-order valence-electron chi connectivity index (χ0n) is 13.0. The number of carbonyl (C=O) groups is 2. The van der Waals surface area contributed by atoms with Crippen molar-refractivity contribution < 1.29 is 14.7 Å². The van der Waals surface area contributed by atoms with E-state index in [-0.39, 0.29) is 18.4 Å². The Morgan fingerprint density at radius 2 is 2.09 bits per heavy atom. The van der Waals surface area contributed by atoms with Crippen molar-refractivity contribution in [1.82, 2.24) is 5.32 Å². The molecule has 0 aliphatic heterocycles. The smallest absolute Gasteiger partial charge is 0.261 e. The summed E-state index contributed by atoms with van der Waals surface area (Å²) in [7, 11) is 0. The Morgan fingerprint density at radius 1 is 1.26 bits per heavy atom. The number of anilines is 1. The van der Waals surface area contributed by atoms with Gasteiger partial charge in [0, 0.05) is 18.7 Å². The Hall–Kier alpha value is -2.18. The molecule has 0 aliphatic rings. The first kappa shape index (κ1) is 17.2. The van der Waals surface area contributed by atoms with E-state index >= 15 is 0 Å². The van der Waals surface area contributed by atoms with Crippen LogP contribution in [0.4, 0.5) is 5.69 Å². The number of amides is 2. The van der Waals surface area contributed by atoms with Crippen molar-refractivity contribution >= 4 is 28.8 Å². The number of thiophene rings is 1. The first-order valence-electron chi connectivity index (χ1n) is 7.42. The summed E-state index contributed by atoms with van der Waals surface area (Å²) in [5.74, 6) is -0.208. The fourth-order valence-electron chi connectivity index (χ4n) is 2.06. The van der Waals surface area contributed by atoms with Crippen LogP contribution in [0.25, 0.3) is 0 Å². The van der Waals surface area contributed by atoms with Gasteiger partial charge in [-0.25, -0.2) is 0 Å². The molecule has 0 saturated carbocycles. The molecule has 122 valence electrons. The van der Waals surface area contributed by atoms with Crippen molar-refractivity contribution in [2.45, 2.75) is 26.4 Å². The standard InChI is InChI=1S/C17H20N2O3S/c1-12-6-7-13(11-20)10-14(12)19-16(21)5-2-8-18-17(22)15-4-3-9-23-15/h3-4,6-7,9-10,20H,2,5,8,11H2,1H3,(H,18,22)(H,19,21). The third-order valence-corrected chi connectivity index (χ3v) is 4.24. The molecular weight excluding hydrogens is 312 g/mol. The number of carbonyl (C=O) groups excluding carboxylic acids is 2. The van der Waals surface area contributed by atoms with Gasteiger partial charge in [0.1, 0.15) is 0 Å². The summed E-state index contributed by atoms with van der Waals surface area (Å²) in [5.41, 5.74) is 2.42. The van der Waals surface area contributed by atoms with Gasteiger partial charge in [0.25, 0.3) is 5.91 Å². The molecular formula is C17H20N2O3S. The molecule has 0 radical (unpaired) electrons. The Kier molecular flexibility index (Phi) is 6.31. The van der Waals surface area contributed by atoms with Gasteiger partial charge in [0.15, 0.2) is 0 Å². The molecule has 2 rings (SSSR count). The maximum atomic E-state index is 12.0. The van der Waals surface area contributed by atoms with E-state index in [1.165, 1.54) is 11.3 Å². The Bertz CT molecular complexity index is 668. The number of hydrogen-bond acceptors (Lipinski definition) is 4. The number of nitrogens with one attached hydrogen (secondary N) is 2. The van der Waals surface area contributed by atoms with Gasteiger partial charge in [-0.05, 0) is 42.0 Å². The van der Waals surface area contributed by atoms with Crippen LogP contribution in [0.5, 0.6) is 0 Å². The average molecular weight is 332 g/mol. The molecule has 0 atom stereocenters.